The van der Waals surface area contributed by atoms with Gasteiger partial charge in [-0.2, -0.15) is 0 Å². The van der Waals surface area contributed by atoms with E-state index in [-0.39, 0.29) is 0 Å². The van der Waals surface area contributed by atoms with Gasteiger partial charge in [0.15, 0.2) is 0 Å². The van der Waals surface area contributed by atoms with Gasteiger partial charge >= 0.3 is 0 Å². The first-order valence-electron chi connectivity index (χ1n) is 21.5. The van der Waals surface area contributed by atoms with Crippen molar-refractivity contribution in [1.82, 2.24) is 9.55 Å². The first kappa shape index (κ1) is 41.4. The van der Waals surface area contributed by atoms with Gasteiger partial charge in [-0.3, -0.25) is 4.57 Å². The first-order valence-corrected chi connectivity index (χ1v) is 21.5. The molecule has 0 spiro atoms. The number of para-hydroxylation sites is 2. The molecular weight excluding hydrogens is 691 g/mol. The van der Waals surface area contributed by atoms with Crippen molar-refractivity contribution in [2.75, 3.05) is 0 Å². The Labute approximate surface area is 367 Å². The number of aromatic nitrogens is 2. The van der Waals surface area contributed by atoms with E-state index in [2.05, 4.69) is 194 Å². The van der Waals surface area contributed by atoms with Crippen LogP contribution in [0.3, 0.4) is 0 Å². The normalized spacial score (nSPS) is 11.6. The van der Waals surface area contributed by atoms with E-state index in [1.165, 1.54) is 153 Å². The molecule has 0 aliphatic heterocycles. The van der Waals surface area contributed by atoms with Crippen LogP contribution in [0.5, 0.6) is 0 Å². The minimum atomic E-state index is 1.01. The van der Waals surface area contributed by atoms with Gasteiger partial charge in [-0.1, -0.05) is 74.0 Å². The predicted octanol–water partition coefficient (Wildman–Crippen LogP) is -21.0. The zero-order chi connectivity index (χ0) is 42.8. The van der Waals surface area contributed by atoms with Crippen LogP contribution in [0.1, 0.15) is 0 Å². The summed E-state index contributed by atoms with van der Waals surface area (Å²) in [4.78, 5) is 5.62. The molecule has 0 bridgehead atoms. The molecule has 0 N–H and O–H groups in total. The SMILES string of the molecule is Bc1c(B)c(B)c(-c2cccc(-c3c4c(B)c(B)c(B)c(B)c4c(-n4c(-c5c(B)c(B)c(B)c(B)c5B)nc5ccccc54)c4c(B)c(B)c(B)c(B)c34)c2)c(B)c1B. The lowest BCUT2D eigenvalue weighted by Gasteiger charge is -2.29. The third-order valence-corrected chi connectivity index (χ3v) is 15.8. The summed E-state index contributed by atoms with van der Waals surface area (Å²) in [6.07, 6.45) is 0. The third-order valence-electron chi connectivity index (χ3n) is 15.8. The number of imidazole rings is 1. The molecule has 2 nitrogen and oxygen atoms in total. The van der Waals surface area contributed by atoms with Crippen LogP contribution < -0.4 is 98.3 Å². The summed E-state index contributed by atoms with van der Waals surface area (Å²) in [5, 5.41) is 5.32. The van der Waals surface area contributed by atoms with Crippen LogP contribution in [0.15, 0.2) is 48.5 Å². The van der Waals surface area contributed by atoms with Gasteiger partial charge in [-0.05, 0) is 62.0 Å². The summed E-state index contributed by atoms with van der Waals surface area (Å²) < 4.78 is 2.57. The summed E-state index contributed by atoms with van der Waals surface area (Å²) in [7, 11) is 41.7. The summed E-state index contributed by atoms with van der Waals surface area (Å²) in [5.41, 5.74) is 34.2. The Bertz CT molecular complexity index is 3070. The van der Waals surface area contributed by atoms with Gasteiger partial charge in [-0.25, -0.2) is 4.98 Å². The van der Waals surface area contributed by atoms with E-state index in [1.807, 2.05) is 0 Å². The molecule has 0 radical (unpaired) electrons. The van der Waals surface area contributed by atoms with Crippen LogP contribution in [0, 0.1) is 0 Å². The fraction of sp³-hybridized carbons (Fsp3) is 0. The quantitative estimate of drug-likeness (QED) is 0.130. The molecule has 20 heteroatoms. The lowest BCUT2D eigenvalue weighted by molar-refractivity contribution is 1.13. The summed E-state index contributed by atoms with van der Waals surface area (Å²) in [5.74, 6) is 1.02. The second-order valence-corrected chi connectivity index (χ2v) is 18.1. The van der Waals surface area contributed by atoms with E-state index in [1.54, 1.807) is 0 Å². The lowest BCUT2D eigenvalue weighted by Crippen LogP contribution is -2.55. The molecule has 1 heterocycles. The number of fused-ring (bicyclic) bond motifs is 3. The summed E-state index contributed by atoms with van der Waals surface area (Å²) in [6, 6.07) is 18.3. The summed E-state index contributed by atoms with van der Waals surface area (Å²) in [6.45, 7) is 0. The van der Waals surface area contributed by atoms with Crippen molar-refractivity contribution < 1.29 is 0 Å². The van der Waals surface area contributed by atoms with Crippen LogP contribution in [-0.4, -0.2) is 151 Å². The standard InChI is InChI=1S/C39H44B18N2/c40-20-14(21(41)29(49)36(56)28(20)48)10-5-3-4-9(8-10)13-15-17(24(44)32(52)30(50)22(15)42)38(18-16(13)23(43)31(51)33(53)25(18)45)59-12-7-2-1-6-11(12)58-39(59)19-26(46)34(54)37(57)35(55)27(19)47/h1-8H,40-57H2. The number of rotatable bonds is 4. The Morgan fingerprint density at radius 3 is 1.14 bits per heavy atom. The maximum Gasteiger partial charge on any atom is 0.144 e. The monoisotopic (exact) mass is 739 g/mol. The molecule has 1 aromatic heterocycles. The van der Waals surface area contributed by atoms with Crippen molar-refractivity contribution in [2.45, 2.75) is 0 Å². The minimum absolute atomic E-state index is 1.01. The first-order chi connectivity index (χ1) is 27.8. The highest BCUT2D eigenvalue weighted by Gasteiger charge is 2.29. The number of nitrogens with zero attached hydrogens (tertiary/aromatic N) is 2. The zero-order valence-corrected chi connectivity index (χ0v) is 39.0. The van der Waals surface area contributed by atoms with Gasteiger partial charge in [0.05, 0.1) is 16.7 Å². The van der Waals surface area contributed by atoms with Gasteiger partial charge in [-0.15, -0.1) is 54.6 Å². The fourth-order valence-corrected chi connectivity index (χ4v) is 10.6. The van der Waals surface area contributed by atoms with E-state index in [9.17, 15) is 0 Å². The molecule has 0 saturated heterocycles. The van der Waals surface area contributed by atoms with Crippen LogP contribution >= 0.6 is 0 Å². The van der Waals surface area contributed by atoms with Gasteiger partial charge in [0.25, 0.3) is 0 Å². The van der Waals surface area contributed by atoms with Gasteiger partial charge < -0.3 is 0 Å². The van der Waals surface area contributed by atoms with Crippen molar-refractivity contribution in [1.29, 1.82) is 0 Å². The average Bonchev–Trinajstić information content (AvgIpc) is 3.60. The molecule has 7 aromatic carbocycles. The molecule has 0 fully saturated rings. The average molecular weight is 735 g/mol. The molecule has 0 aliphatic carbocycles. The van der Waals surface area contributed by atoms with Crippen molar-refractivity contribution in [2.24, 2.45) is 0 Å². The molecule has 0 amide bonds. The Balaban J connectivity index is 1.67. The largest absolute Gasteiger partial charge is 0.291 e. The van der Waals surface area contributed by atoms with E-state index in [0.29, 0.717) is 0 Å². The Morgan fingerprint density at radius 2 is 0.678 bits per heavy atom. The molecule has 0 aliphatic rings. The third kappa shape index (κ3) is 5.85. The van der Waals surface area contributed by atoms with Crippen LogP contribution in [0.4, 0.5) is 0 Å². The smallest absolute Gasteiger partial charge is 0.144 e. The Kier molecular flexibility index (Phi) is 10.3. The topological polar surface area (TPSA) is 17.8 Å². The van der Waals surface area contributed by atoms with Crippen LogP contribution in [0.25, 0.3) is 71.9 Å². The number of hydrogen-bond acceptors (Lipinski definition) is 1. The van der Waals surface area contributed by atoms with Crippen molar-refractivity contribution in [3.05, 3.63) is 48.5 Å². The van der Waals surface area contributed by atoms with Crippen molar-refractivity contribution >= 4 is 272 Å². The Hall–Kier alpha value is -4.30. The van der Waals surface area contributed by atoms with Gasteiger partial charge in [0.1, 0.15) is 147 Å². The molecule has 8 aromatic rings. The molecule has 8 rings (SSSR count). The highest BCUT2D eigenvalue weighted by atomic mass is 15.1. The molecule has 0 unspecified atom stereocenters. The maximum atomic E-state index is 5.62. The molecular formula is C39H44B18N2. The van der Waals surface area contributed by atoms with Gasteiger partial charge in [0.2, 0.25) is 0 Å². The van der Waals surface area contributed by atoms with E-state index < -0.39 is 0 Å². The maximum absolute atomic E-state index is 5.62. The molecule has 0 atom stereocenters. The van der Waals surface area contributed by atoms with Crippen molar-refractivity contribution in [3.63, 3.8) is 0 Å². The summed E-state index contributed by atoms with van der Waals surface area (Å²) >= 11 is 0. The van der Waals surface area contributed by atoms with Gasteiger partial charge in [0, 0.05) is 5.56 Å². The van der Waals surface area contributed by atoms with E-state index in [0.717, 1.165) is 16.9 Å². The van der Waals surface area contributed by atoms with E-state index in [4.69, 9.17) is 4.98 Å². The molecule has 0 saturated carbocycles. The minimum Gasteiger partial charge on any atom is -0.291 e. The number of hydrogen-bond donors (Lipinski definition) is 0. The second kappa shape index (κ2) is 14.7. The molecule has 59 heavy (non-hydrogen) atoms. The van der Waals surface area contributed by atoms with Crippen LogP contribution in [0.2, 0.25) is 0 Å². The lowest BCUT2D eigenvalue weighted by atomic mass is 9.59. The highest BCUT2D eigenvalue weighted by Crippen LogP contribution is 2.41. The van der Waals surface area contributed by atoms with Crippen molar-refractivity contribution in [3.8, 4) is 39.3 Å². The Morgan fingerprint density at radius 1 is 0.322 bits per heavy atom. The predicted molar refractivity (Wildman–Crippen MR) is 320 cm³/mol. The highest BCUT2D eigenvalue weighted by molar-refractivity contribution is 6.73. The fourth-order valence-electron chi connectivity index (χ4n) is 10.6. The zero-order valence-electron chi connectivity index (χ0n) is 39.0. The molecule has 264 valence electrons. The van der Waals surface area contributed by atoms with Crippen LogP contribution in [-0.2, 0) is 0 Å². The van der Waals surface area contributed by atoms with E-state index >= 15 is 0 Å². The second-order valence-electron chi connectivity index (χ2n) is 18.1. The number of benzene rings is 7.